The minimum Gasteiger partial charge on any atom is -0.481 e. The predicted octanol–water partition coefficient (Wildman–Crippen LogP) is 2.90. The summed E-state index contributed by atoms with van der Waals surface area (Å²) >= 11 is 0. The van der Waals surface area contributed by atoms with Gasteiger partial charge in [0.25, 0.3) is 0 Å². The molecule has 158 valence electrons. The molecule has 4 N–H and O–H groups in total. The Morgan fingerprint density at radius 1 is 1.11 bits per heavy atom. The zero-order valence-corrected chi connectivity index (χ0v) is 16.6. The Kier molecular flexibility index (Phi) is 12.4. The molecule has 0 aliphatic carbocycles. The van der Waals surface area contributed by atoms with E-state index in [2.05, 4.69) is 19.1 Å². The highest BCUT2D eigenvalue weighted by Gasteiger charge is 2.36. The summed E-state index contributed by atoms with van der Waals surface area (Å²) in [6, 6.07) is 0. The van der Waals surface area contributed by atoms with E-state index < -0.39 is 36.5 Å². The van der Waals surface area contributed by atoms with E-state index in [1.165, 1.54) is 6.08 Å². The first kappa shape index (κ1) is 24.3. The Morgan fingerprint density at radius 3 is 2.57 bits per heavy atom. The summed E-state index contributed by atoms with van der Waals surface area (Å²) in [5.74, 6) is -0.845. The number of carboxylic acids is 1. The number of aliphatic hydroxyl groups excluding tert-OH is 3. The average molecular weight is 395 g/mol. The van der Waals surface area contributed by atoms with Gasteiger partial charge in [0, 0.05) is 12.8 Å². The van der Waals surface area contributed by atoms with Crippen molar-refractivity contribution in [2.24, 2.45) is 0 Å². The fourth-order valence-electron chi connectivity index (χ4n) is 2.87. The number of hydrogen-bond acceptors (Lipinski definition) is 5. The van der Waals surface area contributed by atoms with Crippen molar-refractivity contribution in [2.45, 2.75) is 82.4 Å². The van der Waals surface area contributed by atoms with Crippen molar-refractivity contribution in [3.63, 3.8) is 0 Å². The molecule has 0 amide bonds. The molecule has 0 aromatic rings. The van der Waals surface area contributed by atoms with Crippen LogP contribution in [0, 0.1) is 0 Å². The Morgan fingerprint density at radius 2 is 1.86 bits per heavy atom. The molecule has 0 spiro atoms. The lowest BCUT2D eigenvalue weighted by atomic mass is 10.0. The van der Waals surface area contributed by atoms with Crippen LogP contribution in [0.2, 0.25) is 0 Å². The van der Waals surface area contributed by atoms with Crippen molar-refractivity contribution in [1.82, 2.24) is 0 Å². The number of rotatable bonds is 13. The summed E-state index contributed by atoms with van der Waals surface area (Å²) in [5, 5.41) is 38.8. The second-order valence-corrected chi connectivity index (χ2v) is 6.92. The average Bonchev–Trinajstić information content (AvgIpc) is 3.03. The molecular formula is C22H34O6. The van der Waals surface area contributed by atoms with Crippen molar-refractivity contribution >= 4 is 5.97 Å². The van der Waals surface area contributed by atoms with Gasteiger partial charge >= 0.3 is 5.97 Å². The Balaban J connectivity index is 2.33. The van der Waals surface area contributed by atoms with Gasteiger partial charge in [-0.15, -0.1) is 0 Å². The highest BCUT2D eigenvalue weighted by Crippen LogP contribution is 2.26. The third-order valence-corrected chi connectivity index (χ3v) is 4.44. The van der Waals surface area contributed by atoms with Crippen LogP contribution in [0.15, 0.2) is 48.6 Å². The molecule has 0 unspecified atom stereocenters. The first-order valence-electron chi connectivity index (χ1n) is 9.98. The van der Waals surface area contributed by atoms with E-state index in [-0.39, 0.29) is 6.42 Å². The van der Waals surface area contributed by atoms with E-state index in [0.717, 1.165) is 12.8 Å². The number of carbonyl (C=O) groups is 1. The van der Waals surface area contributed by atoms with Crippen LogP contribution in [0.1, 0.15) is 51.9 Å². The van der Waals surface area contributed by atoms with Gasteiger partial charge < -0.3 is 25.2 Å². The van der Waals surface area contributed by atoms with E-state index in [9.17, 15) is 20.1 Å². The zero-order chi connectivity index (χ0) is 20.8. The first-order valence-corrected chi connectivity index (χ1v) is 9.98. The molecule has 5 atom stereocenters. The Hall–Kier alpha value is -1.73. The molecule has 1 rings (SSSR count). The summed E-state index contributed by atoms with van der Waals surface area (Å²) in [7, 11) is 0. The van der Waals surface area contributed by atoms with Crippen LogP contribution in [0.5, 0.6) is 0 Å². The van der Waals surface area contributed by atoms with E-state index in [1.54, 1.807) is 18.2 Å². The minimum atomic E-state index is -0.901. The van der Waals surface area contributed by atoms with Gasteiger partial charge in [0.1, 0.15) is 0 Å². The van der Waals surface area contributed by atoms with Gasteiger partial charge in [-0.3, -0.25) is 4.79 Å². The summed E-state index contributed by atoms with van der Waals surface area (Å²) in [5.41, 5.74) is 0. The lowest BCUT2D eigenvalue weighted by Gasteiger charge is -2.16. The topological polar surface area (TPSA) is 107 Å². The number of hydrogen-bond donors (Lipinski definition) is 4. The lowest BCUT2D eigenvalue weighted by molar-refractivity contribution is -0.136. The van der Waals surface area contributed by atoms with Gasteiger partial charge in [-0.05, 0) is 32.1 Å². The molecule has 28 heavy (non-hydrogen) atoms. The maximum atomic E-state index is 10.5. The van der Waals surface area contributed by atoms with E-state index in [0.29, 0.717) is 25.7 Å². The summed E-state index contributed by atoms with van der Waals surface area (Å²) < 4.78 is 5.71. The van der Waals surface area contributed by atoms with E-state index >= 15 is 0 Å². The molecule has 1 fully saturated rings. The fourth-order valence-corrected chi connectivity index (χ4v) is 2.87. The molecule has 0 aromatic carbocycles. The summed E-state index contributed by atoms with van der Waals surface area (Å²) in [6.07, 6.45) is 15.1. The molecule has 1 heterocycles. The highest BCUT2D eigenvalue weighted by atomic mass is 16.5. The molecule has 6 heteroatoms. The smallest absolute Gasteiger partial charge is 0.303 e. The standard InChI is InChI=1S/C22H34O6/c1-2-3-4-5-6-8-11-17(23)14-15-18(24)21-16-19(25)20(28-21)12-9-7-10-13-22(26)27/h3-4,6-9,14-15,17-21,23-25H,2,5,10-13,16H2,1H3,(H,26,27)/b4-3-,8-6-,9-7-,15-14+/t17-,18-,19-,20-,21+/m1/s1. The quantitative estimate of drug-likeness (QED) is 0.358. The first-order chi connectivity index (χ1) is 13.4. The van der Waals surface area contributed by atoms with E-state index in [4.69, 9.17) is 9.84 Å². The van der Waals surface area contributed by atoms with Crippen LogP contribution >= 0.6 is 0 Å². The molecule has 0 radical (unpaired) electrons. The molecule has 1 aliphatic rings. The SMILES string of the molecule is CC/C=C\C/C=C\C[C@@H](O)/C=C/[C@@H](O)[C@@H]1C[C@@H](O)[C@@H](C/C=C\CCC(=O)O)O1. The van der Waals surface area contributed by atoms with Crippen LogP contribution in [0.3, 0.4) is 0 Å². The van der Waals surface area contributed by atoms with Gasteiger partial charge in [0.05, 0.1) is 30.5 Å². The van der Waals surface area contributed by atoms with Gasteiger partial charge in [-0.25, -0.2) is 0 Å². The van der Waals surface area contributed by atoms with Crippen molar-refractivity contribution in [1.29, 1.82) is 0 Å². The second kappa shape index (κ2) is 14.3. The highest BCUT2D eigenvalue weighted by molar-refractivity contribution is 5.66. The van der Waals surface area contributed by atoms with Crippen molar-refractivity contribution < 1.29 is 30.0 Å². The Labute approximate surface area is 167 Å². The molecule has 0 saturated carbocycles. The molecule has 1 aliphatic heterocycles. The normalized spacial score (nSPS) is 25.5. The van der Waals surface area contributed by atoms with Gasteiger partial charge in [0.15, 0.2) is 0 Å². The maximum Gasteiger partial charge on any atom is 0.303 e. The van der Waals surface area contributed by atoms with E-state index in [1.807, 2.05) is 12.2 Å². The van der Waals surface area contributed by atoms with Gasteiger partial charge in [-0.2, -0.15) is 0 Å². The Bertz CT molecular complexity index is 551. The number of aliphatic hydroxyl groups is 3. The molecular weight excluding hydrogens is 360 g/mol. The maximum absolute atomic E-state index is 10.5. The number of aliphatic carboxylic acids is 1. The van der Waals surface area contributed by atoms with Gasteiger partial charge in [0.2, 0.25) is 0 Å². The van der Waals surface area contributed by atoms with Gasteiger partial charge in [-0.1, -0.05) is 55.5 Å². The van der Waals surface area contributed by atoms with Crippen LogP contribution in [0.4, 0.5) is 0 Å². The molecule has 0 aromatic heterocycles. The summed E-state index contributed by atoms with van der Waals surface area (Å²) in [4.78, 5) is 10.5. The third-order valence-electron chi connectivity index (χ3n) is 4.44. The van der Waals surface area contributed by atoms with Crippen molar-refractivity contribution in [2.75, 3.05) is 0 Å². The number of carboxylic acid groups (broad SMARTS) is 1. The summed E-state index contributed by atoms with van der Waals surface area (Å²) in [6.45, 7) is 2.08. The third kappa shape index (κ3) is 10.6. The monoisotopic (exact) mass is 394 g/mol. The van der Waals surface area contributed by atoms with Crippen molar-refractivity contribution in [3.05, 3.63) is 48.6 Å². The van der Waals surface area contributed by atoms with Crippen LogP contribution in [-0.2, 0) is 9.53 Å². The largest absolute Gasteiger partial charge is 0.481 e. The lowest BCUT2D eigenvalue weighted by Crippen LogP contribution is -2.24. The van der Waals surface area contributed by atoms with Crippen LogP contribution < -0.4 is 0 Å². The molecule has 0 bridgehead atoms. The fraction of sp³-hybridized carbons (Fsp3) is 0.591. The molecule has 1 saturated heterocycles. The van der Waals surface area contributed by atoms with Crippen molar-refractivity contribution in [3.8, 4) is 0 Å². The van der Waals surface area contributed by atoms with Crippen LogP contribution in [-0.4, -0.2) is 56.9 Å². The zero-order valence-electron chi connectivity index (χ0n) is 16.6. The predicted molar refractivity (Wildman–Crippen MR) is 109 cm³/mol. The second-order valence-electron chi connectivity index (χ2n) is 6.92. The number of allylic oxidation sites excluding steroid dienone is 4. The molecule has 6 nitrogen and oxygen atoms in total. The minimum absolute atomic E-state index is 0.0731. The number of ether oxygens (including phenoxy) is 1. The van der Waals surface area contributed by atoms with Crippen LogP contribution in [0.25, 0.3) is 0 Å².